The minimum absolute atomic E-state index is 0.293. The van der Waals surface area contributed by atoms with Gasteiger partial charge in [0.1, 0.15) is 5.82 Å². The van der Waals surface area contributed by atoms with Gasteiger partial charge < -0.3 is 4.57 Å². The number of benzene rings is 1. The number of nitrogens with zero attached hydrogens (tertiary/aromatic N) is 2. The van der Waals surface area contributed by atoms with Crippen LogP contribution >= 0.6 is 11.8 Å². The van der Waals surface area contributed by atoms with Gasteiger partial charge in [0.15, 0.2) is 6.30 Å². The number of halogens is 2. The summed E-state index contributed by atoms with van der Waals surface area (Å²) in [5.74, 6) is 0.616. The van der Waals surface area contributed by atoms with Crippen LogP contribution in [0, 0.1) is 5.82 Å². The minimum atomic E-state index is -1.21. The monoisotopic (exact) mass is 380 g/mol. The highest BCUT2D eigenvalue weighted by molar-refractivity contribution is 7.99. The maximum absolute atomic E-state index is 15.0. The second-order valence-electron chi connectivity index (χ2n) is 6.70. The lowest BCUT2D eigenvalue weighted by molar-refractivity contribution is 0.235. The molecule has 2 rings (SSSR count). The van der Waals surface area contributed by atoms with Crippen LogP contribution in [-0.2, 0) is 0 Å². The molecule has 0 saturated heterocycles. The second kappa shape index (κ2) is 12.1. The highest BCUT2D eigenvalue weighted by Crippen LogP contribution is 2.40. The quantitative estimate of drug-likeness (QED) is 0.345. The van der Waals surface area contributed by atoms with Crippen molar-refractivity contribution in [3.63, 3.8) is 0 Å². The van der Waals surface area contributed by atoms with Crippen molar-refractivity contribution in [2.75, 3.05) is 5.75 Å². The molecule has 2 aromatic rings. The van der Waals surface area contributed by atoms with Crippen LogP contribution in [0.1, 0.15) is 75.4 Å². The SMILES string of the molecule is CCCCCCCCCCSC(c1ccc(F)cc1)C(F)n1ccnc1. The standard InChI is InChI=1S/C21H30F2N2S/c1-2-3-4-5-6-7-8-9-16-26-20(18-10-12-19(22)13-11-18)21(23)25-15-14-24-17-25/h10-15,17,20-21H,2-9,16H2,1H3. The molecule has 0 radical (unpaired) electrons. The zero-order valence-electron chi connectivity index (χ0n) is 15.6. The number of alkyl halides is 1. The molecule has 1 heterocycles. The highest BCUT2D eigenvalue weighted by atomic mass is 32.2. The van der Waals surface area contributed by atoms with E-state index >= 15 is 0 Å². The molecule has 0 aliphatic rings. The maximum Gasteiger partial charge on any atom is 0.193 e. The van der Waals surface area contributed by atoms with Gasteiger partial charge >= 0.3 is 0 Å². The summed E-state index contributed by atoms with van der Waals surface area (Å²) in [6.45, 7) is 2.23. The van der Waals surface area contributed by atoms with Crippen LogP contribution in [0.2, 0.25) is 0 Å². The largest absolute Gasteiger partial charge is 0.305 e. The van der Waals surface area contributed by atoms with Crippen molar-refractivity contribution in [2.24, 2.45) is 0 Å². The fourth-order valence-corrected chi connectivity index (χ4v) is 4.28. The van der Waals surface area contributed by atoms with Gasteiger partial charge in [0.25, 0.3) is 0 Å². The van der Waals surface area contributed by atoms with Gasteiger partial charge in [0, 0.05) is 12.4 Å². The predicted molar refractivity (Wildman–Crippen MR) is 107 cm³/mol. The maximum atomic E-state index is 15.0. The van der Waals surface area contributed by atoms with Crippen molar-refractivity contribution in [2.45, 2.75) is 69.8 Å². The van der Waals surface area contributed by atoms with E-state index in [2.05, 4.69) is 11.9 Å². The van der Waals surface area contributed by atoms with E-state index in [-0.39, 0.29) is 11.1 Å². The number of hydrogen-bond donors (Lipinski definition) is 0. The number of hydrogen-bond acceptors (Lipinski definition) is 2. The summed E-state index contributed by atoms with van der Waals surface area (Å²) >= 11 is 1.61. The Labute approximate surface area is 160 Å². The minimum Gasteiger partial charge on any atom is -0.305 e. The third-order valence-corrected chi connectivity index (χ3v) is 5.93. The van der Waals surface area contributed by atoms with Gasteiger partial charge in [-0.1, -0.05) is 64.0 Å². The molecule has 0 saturated carbocycles. The summed E-state index contributed by atoms with van der Waals surface area (Å²) in [6, 6.07) is 6.17. The van der Waals surface area contributed by atoms with E-state index in [4.69, 9.17) is 0 Å². The van der Waals surface area contributed by atoms with Crippen LogP contribution in [-0.4, -0.2) is 15.3 Å². The van der Waals surface area contributed by atoms with E-state index < -0.39 is 6.30 Å². The Hall–Kier alpha value is -1.36. The van der Waals surface area contributed by atoms with Gasteiger partial charge in [-0.3, -0.25) is 0 Å². The van der Waals surface area contributed by atoms with E-state index in [0.29, 0.717) is 0 Å². The smallest absolute Gasteiger partial charge is 0.193 e. The summed E-state index contributed by atoms with van der Waals surface area (Å²) in [5.41, 5.74) is 0.817. The lowest BCUT2D eigenvalue weighted by Gasteiger charge is -2.22. The molecule has 5 heteroatoms. The van der Waals surface area contributed by atoms with E-state index in [1.807, 2.05) is 0 Å². The normalized spacial score (nSPS) is 13.7. The van der Waals surface area contributed by atoms with Gasteiger partial charge in [0.2, 0.25) is 0 Å². The van der Waals surface area contributed by atoms with E-state index in [1.54, 1.807) is 36.3 Å². The highest BCUT2D eigenvalue weighted by Gasteiger charge is 2.24. The molecule has 144 valence electrons. The first-order valence-electron chi connectivity index (χ1n) is 9.71. The zero-order chi connectivity index (χ0) is 18.6. The molecule has 1 aromatic heterocycles. The van der Waals surface area contributed by atoms with Gasteiger partial charge in [-0.2, -0.15) is 0 Å². The van der Waals surface area contributed by atoms with Crippen molar-refractivity contribution in [1.82, 2.24) is 9.55 Å². The van der Waals surface area contributed by atoms with Crippen molar-refractivity contribution < 1.29 is 8.78 Å². The van der Waals surface area contributed by atoms with Crippen LogP contribution < -0.4 is 0 Å². The topological polar surface area (TPSA) is 17.8 Å². The van der Waals surface area contributed by atoms with Gasteiger partial charge in [-0.05, 0) is 29.9 Å². The molecule has 0 bridgehead atoms. The fraction of sp³-hybridized carbons (Fsp3) is 0.571. The van der Waals surface area contributed by atoms with Crippen LogP contribution in [0.15, 0.2) is 43.0 Å². The van der Waals surface area contributed by atoms with Gasteiger partial charge in [-0.15, -0.1) is 11.8 Å². The van der Waals surface area contributed by atoms with E-state index in [9.17, 15) is 8.78 Å². The molecule has 0 amide bonds. The Bertz CT molecular complexity index is 587. The molecule has 2 atom stereocenters. The number of unbranched alkanes of at least 4 members (excludes halogenated alkanes) is 7. The molecule has 0 fully saturated rings. The van der Waals surface area contributed by atoms with Crippen LogP contribution in [0.5, 0.6) is 0 Å². The predicted octanol–water partition coefficient (Wildman–Crippen LogP) is 7.11. The number of rotatable bonds is 13. The molecule has 0 N–H and O–H groups in total. The second-order valence-corrected chi connectivity index (χ2v) is 7.95. The van der Waals surface area contributed by atoms with Crippen molar-refractivity contribution >= 4 is 11.8 Å². The number of aromatic nitrogens is 2. The van der Waals surface area contributed by atoms with E-state index in [1.165, 1.54) is 68.0 Å². The average Bonchev–Trinajstić information content (AvgIpc) is 3.19. The van der Waals surface area contributed by atoms with Crippen molar-refractivity contribution in [1.29, 1.82) is 0 Å². The fourth-order valence-electron chi connectivity index (χ4n) is 3.00. The summed E-state index contributed by atoms with van der Waals surface area (Å²) < 4.78 is 29.7. The summed E-state index contributed by atoms with van der Waals surface area (Å²) in [7, 11) is 0. The number of thioether (sulfide) groups is 1. The summed E-state index contributed by atoms with van der Waals surface area (Å²) in [4.78, 5) is 3.94. The van der Waals surface area contributed by atoms with Crippen LogP contribution in [0.3, 0.4) is 0 Å². The summed E-state index contributed by atoms with van der Waals surface area (Å²) in [6.07, 6.45) is 13.6. The Balaban J connectivity index is 1.80. The molecular weight excluding hydrogens is 350 g/mol. The molecule has 2 nitrogen and oxygen atoms in total. The van der Waals surface area contributed by atoms with Gasteiger partial charge in [0.05, 0.1) is 11.6 Å². The third-order valence-electron chi connectivity index (χ3n) is 4.55. The first kappa shape index (κ1) is 20.9. The first-order valence-corrected chi connectivity index (χ1v) is 10.8. The lowest BCUT2D eigenvalue weighted by Crippen LogP contribution is -2.11. The van der Waals surface area contributed by atoms with Crippen LogP contribution in [0.25, 0.3) is 0 Å². The van der Waals surface area contributed by atoms with E-state index in [0.717, 1.165) is 17.7 Å². The molecule has 0 spiro atoms. The Morgan fingerprint density at radius 3 is 2.27 bits per heavy atom. The Morgan fingerprint density at radius 1 is 1.00 bits per heavy atom. The average molecular weight is 381 g/mol. The van der Waals surface area contributed by atoms with Gasteiger partial charge in [-0.25, -0.2) is 13.8 Å². The zero-order valence-corrected chi connectivity index (χ0v) is 16.4. The molecule has 1 aromatic carbocycles. The van der Waals surface area contributed by atoms with Crippen molar-refractivity contribution in [3.8, 4) is 0 Å². The molecule has 2 unspecified atom stereocenters. The van der Waals surface area contributed by atoms with Crippen molar-refractivity contribution in [3.05, 3.63) is 54.4 Å². The first-order chi connectivity index (χ1) is 12.7. The molecule has 26 heavy (non-hydrogen) atoms. The molecule has 0 aliphatic heterocycles. The molecular formula is C21H30F2N2S. The Morgan fingerprint density at radius 2 is 1.65 bits per heavy atom. The Kier molecular flexibility index (Phi) is 9.75. The number of imidazole rings is 1. The molecule has 0 aliphatic carbocycles. The summed E-state index contributed by atoms with van der Waals surface area (Å²) in [5, 5.41) is -0.352. The lowest BCUT2D eigenvalue weighted by atomic mass is 10.1. The third kappa shape index (κ3) is 7.10. The van der Waals surface area contributed by atoms with Crippen LogP contribution in [0.4, 0.5) is 8.78 Å².